The number of nitrogens with zero attached hydrogens (tertiary/aromatic N) is 3. The number of amides is 1. The Hall–Kier alpha value is -2.89. The van der Waals surface area contributed by atoms with Gasteiger partial charge in [-0.1, -0.05) is 42.4 Å². The van der Waals surface area contributed by atoms with Crippen molar-refractivity contribution < 1.29 is 9.32 Å². The Morgan fingerprint density at radius 2 is 2.04 bits per heavy atom. The normalized spacial score (nSPS) is 10.7. The maximum atomic E-state index is 12.5. The lowest BCUT2D eigenvalue weighted by Gasteiger charge is -2.13. The minimum Gasteiger partial charge on any atom is -0.359 e. The summed E-state index contributed by atoms with van der Waals surface area (Å²) in [6.07, 6.45) is 0.808. The van der Waals surface area contributed by atoms with Crippen LogP contribution in [0.15, 0.2) is 47.0 Å². The summed E-state index contributed by atoms with van der Waals surface area (Å²) in [5.41, 5.74) is 3.04. The van der Waals surface area contributed by atoms with Gasteiger partial charge in [0.15, 0.2) is 5.76 Å². The number of H-pyrrole nitrogens is 1. The van der Waals surface area contributed by atoms with Gasteiger partial charge in [-0.05, 0) is 12.5 Å². The number of carbonyl (C=O) groups is 1. The highest BCUT2D eigenvalue weighted by Crippen LogP contribution is 2.18. The zero-order valence-corrected chi connectivity index (χ0v) is 13.1. The van der Waals surface area contributed by atoms with Crippen molar-refractivity contribution in [2.75, 3.05) is 7.05 Å². The Kier molecular flexibility index (Phi) is 4.23. The summed E-state index contributed by atoms with van der Waals surface area (Å²) in [4.78, 5) is 14.0. The molecule has 0 atom stereocenters. The van der Waals surface area contributed by atoms with Gasteiger partial charge in [-0.2, -0.15) is 5.10 Å². The summed E-state index contributed by atoms with van der Waals surface area (Å²) in [6, 6.07) is 13.3. The lowest BCUT2D eigenvalue weighted by atomic mass is 10.1. The third kappa shape index (κ3) is 3.31. The minimum absolute atomic E-state index is 0.144. The first-order valence-corrected chi connectivity index (χ1v) is 7.48. The molecular formula is C17H18N4O2. The quantitative estimate of drug-likeness (QED) is 0.786. The molecule has 118 valence electrons. The van der Waals surface area contributed by atoms with Crippen LogP contribution < -0.4 is 0 Å². The van der Waals surface area contributed by atoms with Gasteiger partial charge >= 0.3 is 0 Å². The molecule has 2 heterocycles. The molecule has 0 bridgehead atoms. The summed E-state index contributed by atoms with van der Waals surface area (Å²) in [5, 5.41) is 10.9. The monoisotopic (exact) mass is 310 g/mol. The van der Waals surface area contributed by atoms with E-state index in [0.717, 1.165) is 23.4 Å². The lowest BCUT2D eigenvalue weighted by Crippen LogP contribution is -2.26. The molecule has 0 saturated carbocycles. The van der Waals surface area contributed by atoms with Crippen molar-refractivity contribution in [3.05, 3.63) is 59.6 Å². The number of hydrogen-bond acceptors (Lipinski definition) is 4. The highest BCUT2D eigenvalue weighted by atomic mass is 16.5. The van der Waals surface area contributed by atoms with E-state index in [2.05, 4.69) is 15.4 Å². The van der Waals surface area contributed by atoms with Gasteiger partial charge in [0.1, 0.15) is 5.69 Å². The highest BCUT2D eigenvalue weighted by molar-refractivity contribution is 5.93. The molecule has 3 rings (SSSR count). The van der Waals surface area contributed by atoms with Crippen molar-refractivity contribution in [1.82, 2.24) is 20.3 Å². The second-order valence-electron chi connectivity index (χ2n) is 5.33. The van der Waals surface area contributed by atoms with Crippen LogP contribution in [0.25, 0.3) is 11.3 Å². The van der Waals surface area contributed by atoms with E-state index < -0.39 is 0 Å². The van der Waals surface area contributed by atoms with E-state index >= 15 is 0 Å². The highest BCUT2D eigenvalue weighted by Gasteiger charge is 2.17. The molecule has 2 aromatic heterocycles. The largest absolute Gasteiger partial charge is 0.359 e. The third-order valence-electron chi connectivity index (χ3n) is 3.59. The van der Waals surface area contributed by atoms with Crippen LogP contribution in [0.2, 0.25) is 0 Å². The predicted octanol–water partition coefficient (Wildman–Crippen LogP) is 2.90. The number of nitrogens with one attached hydrogen (secondary N) is 1. The number of aromatic amines is 1. The van der Waals surface area contributed by atoms with Crippen LogP contribution in [0.5, 0.6) is 0 Å². The average molecular weight is 310 g/mol. The molecule has 3 aromatic rings. The van der Waals surface area contributed by atoms with Gasteiger partial charge in [-0.3, -0.25) is 9.89 Å². The molecule has 1 amide bonds. The molecule has 0 unspecified atom stereocenters. The molecule has 6 nitrogen and oxygen atoms in total. The fraction of sp³-hybridized carbons (Fsp3) is 0.235. The topological polar surface area (TPSA) is 75.0 Å². The number of aromatic nitrogens is 3. The summed E-state index contributed by atoms with van der Waals surface area (Å²) in [6.45, 7) is 2.37. The molecule has 0 saturated heterocycles. The summed E-state index contributed by atoms with van der Waals surface area (Å²) in [5.74, 6) is 0.523. The Balaban J connectivity index is 1.71. The molecule has 0 spiro atoms. The number of aryl methyl sites for hydroxylation is 1. The fourth-order valence-electron chi connectivity index (χ4n) is 2.30. The molecular weight excluding hydrogens is 292 g/mol. The second-order valence-corrected chi connectivity index (χ2v) is 5.33. The third-order valence-corrected chi connectivity index (χ3v) is 3.59. The fourth-order valence-corrected chi connectivity index (χ4v) is 2.30. The van der Waals surface area contributed by atoms with Gasteiger partial charge in [0, 0.05) is 18.7 Å². The molecule has 0 fully saturated rings. The average Bonchev–Trinajstić information content (AvgIpc) is 3.24. The molecule has 0 aliphatic rings. The summed E-state index contributed by atoms with van der Waals surface area (Å²) >= 11 is 0. The first kappa shape index (κ1) is 15.0. The zero-order valence-electron chi connectivity index (χ0n) is 13.1. The van der Waals surface area contributed by atoms with E-state index in [9.17, 15) is 4.79 Å². The predicted molar refractivity (Wildman–Crippen MR) is 85.7 cm³/mol. The van der Waals surface area contributed by atoms with Crippen molar-refractivity contribution in [3.8, 4) is 11.3 Å². The maximum absolute atomic E-state index is 12.5. The molecule has 23 heavy (non-hydrogen) atoms. The van der Waals surface area contributed by atoms with Gasteiger partial charge in [0.2, 0.25) is 0 Å². The Morgan fingerprint density at radius 1 is 1.26 bits per heavy atom. The lowest BCUT2D eigenvalue weighted by molar-refractivity contribution is 0.0766. The molecule has 0 radical (unpaired) electrons. The minimum atomic E-state index is -0.144. The van der Waals surface area contributed by atoms with E-state index in [4.69, 9.17) is 4.52 Å². The number of benzene rings is 1. The standard InChI is InChI=1S/C17H18N4O2/c1-3-13-9-14(23-20-13)11-21(2)17(22)16-10-15(18-19-16)12-7-5-4-6-8-12/h4-10H,3,11H2,1-2H3,(H,18,19). The van der Waals surface area contributed by atoms with Gasteiger partial charge in [-0.25, -0.2) is 0 Å². The van der Waals surface area contributed by atoms with Crippen LogP contribution in [0.1, 0.15) is 28.9 Å². The second kappa shape index (κ2) is 6.48. The molecule has 0 aliphatic carbocycles. The van der Waals surface area contributed by atoms with E-state index in [1.165, 1.54) is 0 Å². The zero-order chi connectivity index (χ0) is 16.2. The first-order chi connectivity index (χ1) is 11.2. The van der Waals surface area contributed by atoms with Crippen LogP contribution in [0.3, 0.4) is 0 Å². The molecule has 1 aromatic carbocycles. The SMILES string of the molecule is CCc1cc(CN(C)C(=O)c2cc(-c3ccccc3)n[nH]2)on1. The van der Waals surface area contributed by atoms with E-state index in [1.54, 1.807) is 18.0 Å². The molecule has 6 heteroatoms. The summed E-state index contributed by atoms with van der Waals surface area (Å²) < 4.78 is 5.22. The number of rotatable bonds is 5. The Labute approximate surface area is 134 Å². The Bertz CT molecular complexity index is 792. The van der Waals surface area contributed by atoms with Crippen LogP contribution in [-0.4, -0.2) is 33.2 Å². The van der Waals surface area contributed by atoms with E-state index in [0.29, 0.717) is 18.0 Å². The van der Waals surface area contributed by atoms with Crippen molar-refractivity contribution in [2.24, 2.45) is 0 Å². The van der Waals surface area contributed by atoms with Gasteiger partial charge in [-0.15, -0.1) is 0 Å². The van der Waals surface area contributed by atoms with Crippen LogP contribution in [0, 0.1) is 0 Å². The summed E-state index contributed by atoms with van der Waals surface area (Å²) in [7, 11) is 1.72. The maximum Gasteiger partial charge on any atom is 0.272 e. The van der Waals surface area contributed by atoms with E-state index in [1.807, 2.05) is 43.3 Å². The van der Waals surface area contributed by atoms with Gasteiger partial charge < -0.3 is 9.42 Å². The molecule has 0 aliphatic heterocycles. The van der Waals surface area contributed by atoms with Crippen molar-refractivity contribution in [3.63, 3.8) is 0 Å². The van der Waals surface area contributed by atoms with E-state index in [-0.39, 0.29) is 5.91 Å². The van der Waals surface area contributed by atoms with Gasteiger partial charge in [0.05, 0.1) is 17.9 Å². The Morgan fingerprint density at radius 3 is 2.74 bits per heavy atom. The first-order valence-electron chi connectivity index (χ1n) is 7.48. The van der Waals surface area contributed by atoms with Crippen molar-refractivity contribution in [2.45, 2.75) is 19.9 Å². The van der Waals surface area contributed by atoms with Crippen LogP contribution in [0.4, 0.5) is 0 Å². The van der Waals surface area contributed by atoms with Crippen molar-refractivity contribution >= 4 is 5.91 Å². The van der Waals surface area contributed by atoms with Crippen LogP contribution >= 0.6 is 0 Å². The molecule has 1 N–H and O–H groups in total. The smallest absolute Gasteiger partial charge is 0.272 e. The van der Waals surface area contributed by atoms with Crippen LogP contribution in [-0.2, 0) is 13.0 Å². The van der Waals surface area contributed by atoms with Gasteiger partial charge in [0.25, 0.3) is 5.91 Å². The van der Waals surface area contributed by atoms with Crippen molar-refractivity contribution in [1.29, 1.82) is 0 Å². The number of hydrogen-bond donors (Lipinski definition) is 1. The number of carbonyl (C=O) groups excluding carboxylic acids is 1.